The van der Waals surface area contributed by atoms with Crippen LogP contribution < -0.4 is 15.8 Å². The minimum Gasteiger partial charge on any atom is -0.484 e. The number of nitrogens with zero attached hydrogens (tertiary/aromatic N) is 3. The average molecular weight is 402 g/mol. The molecule has 0 bridgehead atoms. The van der Waals surface area contributed by atoms with Gasteiger partial charge in [0.05, 0.1) is 0 Å². The van der Waals surface area contributed by atoms with Crippen molar-refractivity contribution in [2.24, 2.45) is 10.7 Å². The highest BCUT2D eigenvalue weighted by Gasteiger charge is 2.19. The molecular weight excluding hydrogens is 374 g/mol. The largest absolute Gasteiger partial charge is 0.484 e. The number of aliphatic imine (C=N–C) groups is 1. The third-order valence-electron chi connectivity index (χ3n) is 4.57. The molecule has 1 aromatic heterocycles. The molecule has 0 radical (unpaired) electrons. The molecule has 150 valence electrons. The van der Waals surface area contributed by atoms with Crippen LogP contribution in [-0.4, -0.2) is 61.5 Å². The molecule has 0 saturated carbocycles. The van der Waals surface area contributed by atoms with E-state index in [1.165, 1.54) is 4.88 Å². The van der Waals surface area contributed by atoms with Gasteiger partial charge < -0.3 is 20.7 Å². The Morgan fingerprint density at radius 3 is 2.75 bits per heavy atom. The molecular formula is C20H27N5O2S. The second-order valence-electron chi connectivity index (χ2n) is 6.65. The van der Waals surface area contributed by atoms with Crippen molar-refractivity contribution in [1.29, 1.82) is 0 Å². The number of carbonyl (C=O) groups is 1. The minimum atomic E-state index is -0.484. The Balaban J connectivity index is 1.47. The summed E-state index contributed by atoms with van der Waals surface area (Å²) >= 11 is 1.81. The quantitative estimate of drug-likeness (QED) is 0.543. The Bertz CT molecular complexity index is 786. The molecule has 0 atom stereocenters. The molecule has 28 heavy (non-hydrogen) atoms. The van der Waals surface area contributed by atoms with E-state index in [1.807, 2.05) is 42.6 Å². The number of rotatable bonds is 7. The molecule has 1 fully saturated rings. The summed E-state index contributed by atoms with van der Waals surface area (Å²) in [5, 5.41) is 5.55. The van der Waals surface area contributed by atoms with Crippen LogP contribution in [0.3, 0.4) is 0 Å². The summed E-state index contributed by atoms with van der Waals surface area (Å²) in [6, 6.07) is 11.9. The highest BCUT2D eigenvalue weighted by atomic mass is 32.1. The van der Waals surface area contributed by atoms with Crippen molar-refractivity contribution >= 4 is 23.2 Å². The van der Waals surface area contributed by atoms with Gasteiger partial charge >= 0.3 is 0 Å². The van der Waals surface area contributed by atoms with Crippen LogP contribution >= 0.6 is 11.3 Å². The molecule has 2 aromatic rings. The van der Waals surface area contributed by atoms with Gasteiger partial charge in [0.2, 0.25) is 0 Å². The zero-order chi connectivity index (χ0) is 19.8. The average Bonchev–Trinajstić information content (AvgIpc) is 3.21. The van der Waals surface area contributed by atoms with Gasteiger partial charge in [-0.25, -0.2) is 0 Å². The number of hydrogen-bond donors (Lipinski definition) is 2. The van der Waals surface area contributed by atoms with Gasteiger partial charge in [-0.2, -0.15) is 0 Å². The molecule has 1 saturated heterocycles. The number of primary amides is 1. The number of nitrogens with two attached hydrogens (primary N) is 1. The Morgan fingerprint density at radius 1 is 1.25 bits per heavy atom. The van der Waals surface area contributed by atoms with E-state index in [2.05, 4.69) is 37.6 Å². The second-order valence-corrected chi connectivity index (χ2v) is 7.68. The van der Waals surface area contributed by atoms with Crippen LogP contribution in [0.4, 0.5) is 0 Å². The molecule has 8 heteroatoms. The standard InChI is InChI=1S/C20H27N5O2S/c1-22-20(23-13-16-4-2-5-17(12-16)27-15-19(21)26)25-9-7-24(8-10-25)14-18-6-3-11-28-18/h2-6,11-12H,7-10,13-15H2,1H3,(H2,21,26)(H,22,23). The molecule has 0 spiro atoms. The number of ether oxygens (including phenoxy) is 1. The fraction of sp³-hybridized carbons (Fsp3) is 0.400. The number of amides is 1. The van der Waals surface area contributed by atoms with Gasteiger partial charge in [-0.15, -0.1) is 11.3 Å². The monoisotopic (exact) mass is 401 g/mol. The van der Waals surface area contributed by atoms with E-state index >= 15 is 0 Å². The third-order valence-corrected chi connectivity index (χ3v) is 5.43. The Morgan fingerprint density at radius 2 is 2.07 bits per heavy atom. The van der Waals surface area contributed by atoms with Crippen LogP contribution in [0.5, 0.6) is 5.75 Å². The minimum absolute atomic E-state index is 0.117. The van der Waals surface area contributed by atoms with Crippen LogP contribution in [0, 0.1) is 0 Å². The van der Waals surface area contributed by atoms with Crippen molar-refractivity contribution < 1.29 is 9.53 Å². The first-order valence-electron chi connectivity index (χ1n) is 9.34. The van der Waals surface area contributed by atoms with E-state index in [9.17, 15) is 4.79 Å². The Hall–Kier alpha value is -2.58. The van der Waals surface area contributed by atoms with Crippen molar-refractivity contribution in [3.63, 3.8) is 0 Å². The molecule has 2 heterocycles. The summed E-state index contributed by atoms with van der Waals surface area (Å²) in [6.45, 7) is 5.49. The summed E-state index contributed by atoms with van der Waals surface area (Å²) in [5.41, 5.74) is 6.18. The smallest absolute Gasteiger partial charge is 0.255 e. The molecule has 1 aromatic carbocycles. The molecule has 1 aliphatic heterocycles. The molecule has 3 N–H and O–H groups in total. The van der Waals surface area contributed by atoms with Crippen LogP contribution in [0.15, 0.2) is 46.8 Å². The number of hydrogen-bond acceptors (Lipinski definition) is 5. The zero-order valence-corrected chi connectivity index (χ0v) is 17.0. The van der Waals surface area contributed by atoms with Crippen molar-refractivity contribution in [2.45, 2.75) is 13.1 Å². The van der Waals surface area contributed by atoms with Gasteiger partial charge in [0.25, 0.3) is 5.91 Å². The molecule has 7 nitrogen and oxygen atoms in total. The van der Waals surface area contributed by atoms with E-state index in [-0.39, 0.29) is 6.61 Å². The van der Waals surface area contributed by atoms with E-state index in [0.29, 0.717) is 12.3 Å². The van der Waals surface area contributed by atoms with Crippen LogP contribution in [0.25, 0.3) is 0 Å². The normalized spacial score (nSPS) is 15.5. The van der Waals surface area contributed by atoms with Crippen molar-refractivity contribution in [2.75, 3.05) is 39.8 Å². The first-order chi connectivity index (χ1) is 13.6. The topological polar surface area (TPSA) is 83.2 Å². The molecule has 3 rings (SSSR count). The SMILES string of the molecule is CN=C(NCc1cccc(OCC(N)=O)c1)N1CCN(Cc2cccs2)CC1. The van der Waals surface area contributed by atoms with Gasteiger partial charge in [0, 0.05) is 51.2 Å². The first-order valence-corrected chi connectivity index (χ1v) is 10.2. The van der Waals surface area contributed by atoms with Crippen LogP contribution in [-0.2, 0) is 17.9 Å². The fourth-order valence-electron chi connectivity index (χ4n) is 3.15. The molecule has 0 unspecified atom stereocenters. The molecule has 1 amide bonds. The van der Waals surface area contributed by atoms with E-state index < -0.39 is 5.91 Å². The van der Waals surface area contributed by atoms with E-state index in [1.54, 1.807) is 0 Å². The first kappa shape index (κ1) is 20.2. The highest BCUT2D eigenvalue weighted by molar-refractivity contribution is 7.09. The fourth-order valence-corrected chi connectivity index (χ4v) is 3.90. The summed E-state index contributed by atoms with van der Waals surface area (Å²) in [5.74, 6) is 1.05. The van der Waals surface area contributed by atoms with E-state index in [4.69, 9.17) is 10.5 Å². The number of thiophene rings is 1. The maximum absolute atomic E-state index is 10.9. The zero-order valence-electron chi connectivity index (χ0n) is 16.1. The lowest BCUT2D eigenvalue weighted by atomic mass is 10.2. The van der Waals surface area contributed by atoms with Gasteiger partial charge in [-0.05, 0) is 29.1 Å². The summed E-state index contributed by atoms with van der Waals surface area (Å²) in [6.07, 6.45) is 0. The van der Waals surface area contributed by atoms with Crippen LogP contribution in [0.2, 0.25) is 0 Å². The van der Waals surface area contributed by atoms with Crippen molar-refractivity contribution in [3.05, 3.63) is 52.2 Å². The van der Waals surface area contributed by atoms with Crippen LogP contribution in [0.1, 0.15) is 10.4 Å². The number of guanidine groups is 1. The second kappa shape index (κ2) is 10.1. The maximum atomic E-state index is 10.9. The predicted molar refractivity (Wildman–Crippen MR) is 112 cm³/mol. The highest BCUT2D eigenvalue weighted by Crippen LogP contribution is 2.15. The lowest BCUT2D eigenvalue weighted by Crippen LogP contribution is -2.51. The number of nitrogens with one attached hydrogen (secondary N) is 1. The summed E-state index contributed by atoms with van der Waals surface area (Å²) < 4.78 is 5.36. The molecule has 0 aliphatic carbocycles. The summed E-state index contributed by atoms with van der Waals surface area (Å²) in [4.78, 5) is 21.5. The maximum Gasteiger partial charge on any atom is 0.255 e. The lowest BCUT2D eigenvalue weighted by Gasteiger charge is -2.36. The van der Waals surface area contributed by atoms with Gasteiger partial charge in [-0.3, -0.25) is 14.7 Å². The number of piperazine rings is 1. The van der Waals surface area contributed by atoms with Crippen molar-refractivity contribution in [3.8, 4) is 5.75 Å². The Labute approximate surface area is 169 Å². The summed E-state index contributed by atoms with van der Waals surface area (Å²) in [7, 11) is 1.81. The van der Waals surface area contributed by atoms with Gasteiger partial charge in [0.15, 0.2) is 12.6 Å². The van der Waals surface area contributed by atoms with Crippen molar-refractivity contribution in [1.82, 2.24) is 15.1 Å². The predicted octanol–water partition coefficient (Wildman–Crippen LogP) is 1.51. The lowest BCUT2D eigenvalue weighted by molar-refractivity contribution is -0.119. The van der Waals surface area contributed by atoms with Gasteiger partial charge in [0.1, 0.15) is 5.75 Å². The molecule has 1 aliphatic rings. The Kier molecular flexibility index (Phi) is 7.27. The third kappa shape index (κ3) is 5.97. The van der Waals surface area contributed by atoms with Gasteiger partial charge in [-0.1, -0.05) is 18.2 Å². The number of benzene rings is 1. The van der Waals surface area contributed by atoms with E-state index in [0.717, 1.165) is 44.2 Å². The number of carbonyl (C=O) groups excluding carboxylic acids is 1.